The number of aryl methyl sites for hydroxylation is 1. The minimum atomic E-state index is -0.0966. The maximum absolute atomic E-state index is 12.6. The minimum Gasteiger partial charge on any atom is -0.343 e. The largest absolute Gasteiger partial charge is 0.343 e. The van der Waals surface area contributed by atoms with E-state index in [-0.39, 0.29) is 36.3 Å². The summed E-state index contributed by atoms with van der Waals surface area (Å²) in [5.74, 6) is 0.0180. The van der Waals surface area contributed by atoms with Gasteiger partial charge in [-0.3, -0.25) is 14.2 Å². The quantitative estimate of drug-likeness (QED) is 0.635. The predicted molar refractivity (Wildman–Crippen MR) is 117 cm³/mol. The standard InChI is InChI=1S/C24H27N3O3/c1-2-17-7-9-18(10-8-17)22(28)11-12-23(29)26-15-13-19(14-16-26)27-21-6-4-3-5-20(21)25-24(27)30/h3-10,19H,2,11-16H2,1H3,(H,25,30). The number of imidazole rings is 1. The second-order valence-electron chi connectivity index (χ2n) is 7.90. The highest BCUT2D eigenvalue weighted by Crippen LogP contribution is 2.25. The van der Waals surface area contributed by atoms with Gasteiger partial charge in [-0.15, -0.1) is 0 Å². The van der Waals surface area contributed by atoms with Crippen LogP contribution in [0, 0.1) is 0 Å². The Hall–Kier alpha value is -3.15. The number of carbonyl (C=O) groups is 2. The fraction of sp³-hybridized carbons (Fsp3) is 0.375. The van der Waals surface area contributed by atoms with Crippen molar-refractivity contribution < 1.29 is 9.59 Å². The Labute approximate surface area is 175 Å². The topological polar surface area (TPSA) is 75.2 Å². The normalized spacial score (nSPS) is 14.9. The van der Waals surface area contributed by atoms with Crippen molar-refractivity contribution in [2.45, 2.75) is 45.1 Å². The lowest BCUT2D eigenvalue weighted by molar-refractivity contribution is -0.132. The highest BCUT2D eigenvalue weighted by molar-refractivity contribution is 5.98. The van der Waals surface area contributed by atoms with E-state index in [1.165, 1.54) is 5.56 Å². The number of ketones is 1. The third kappa shape index (κ3) is 4.08. The summed E-state index contributed by atoms with van der Waals surface area (Å²) in [5.41, 5.74) is 3.51. The molecule has 0 bridgehead atoms. The molecule has 0 radical (unpaired) electrons. The number of hydrogen-bond donors (Lipinski definition) is 1. The summed E-state index contributed by atoms with van der Waals surface area (Å²) in [5, 5.41) is 0. The van der Waals surface area contributed by atoms with Crippen LogP contribution in [0.25, 0.3) is 11.0 Å². The smallest absolute Gasteiger partial charge is 0.326 e. The SMILES string of the molecule is CCc1ccc(C(=O)CCC(=O)N2CCC(n3c(=O)[nH]c4ccccc43)CC2)cc1. The fourth-order valence-corrected chi connectivity index (χ4v) is 4.26. The van der Waals surface area contributed by atoms with Crippen LogP contribution in [0.2, 0.25) is 0 Å². The Morgan fingerprint density at radius 2 is 1.70 bits per heavy atom. The van der Waals surface area contributed by atoms with Crippen LogP contribution >= 0.6 is 0 Å². The third-order valence-electron chi connectivity index (χ3n) is 6.06. The van der Waals surface area contributed by atoms with Gasteiger partial charge in [0.2, 0.25) is 5.91 Å². The molecular formula is C24H27N3O3. The van der Waals surface area contributed by atoms with Crippen LogP contribution < -0.4 is 5.69 Å². The van der Waals surface area contributed by atoms with Crippen LogP contribution in [0.4, 0.5) is 0 Å². The number of H-pyrrole nitrogens is 1. The number of carbonyl (C=O) groups excluding carboxylic acids is 2. The molecule has 1 amide bonds. The third-order valence-corrected chi connectivity index (χ3v) is 6.06. The van der Waals surface area contributed by atoms with Gasteiger partial charge in [-0.25, -0.2) is 4.79 Å². The monoisotopic (exact) mass is 405 g/mol. The van der Waals surface area contributed by atoms with Crippen molar-refractivity contribution in [2.75, 3.05) is 13.1 Å². The van der Waals surface area contributed by atoms with Crippen LogP contribution in [-0.4, -0.2) is 39.2 Å². The van der Waals surface area contributed by atoms with E-state index in [2.05, 4.69) is 11.9 Å². The molecule has 1 aromatic heterocycles. The average Bonchev–Trinajstić information content (AvgIpc) is 3.13. The molecule has 0 saturated carbocycles. The molecule has 1 fully saturated rings. The number of likely N-dealkylation sites (tertiary alicyclic amines) is 1. The van der Waals surface area contributed by atoms with Gasteiger partial charge in [0.15, 0.2) is 5.78 Å². The number of Topliss-reactive ketones (excluding diaryl/α,β-unsaturated/α-hetero) is 1. The van der Waals surface area contributed by atoms with E-state index >= 15 is 0 Å². The molecule has 3 aromatic rings. The maximum Gasteiger partial charge on any atom is 0.326 e. The molecule has 2 aromatic carbocycles. The van der Waals surface area contributed by atoms with Gasteiger partial charge in [0.1, 0.15) is 0 Å². The van der Waals surface area contributed by atoms with Crippen molar-refractivity contribution in [2.24, 2.45) is 0 Å². The van der Waals surface area contributed by atoms with Gasteiger partial charge in [0.05, 0.1) is 11.0 Å². The molecule has 0 aliphatic carbocycles. The number of benzene rings is 2. The van der Waals surface area contributed by atoms with E-state index in [0.717, 1.165) is 30.3 Å². The second kappa shape index (κ2) is 8.69. The van der Waals surface area contributed by atoms with E-state index in [4.69, 9.17) is 0 Å². The first-order valence-electron chi connectivity index (χ1n) is 10.7. The van der Waals surface area contributed by atoms with Crippen LogP contribution in [0.1, 0.15) is 54.6 Å². The lowest BCUT2D eigenvalue weighted by Crippen LogP contribution is -2.40. The van der Waals surface area contributed by atoms with Crippen LogP contribution in [-0.2, 0) is 11.2 Å². The number of aromatic nitrogens is 2. The number of piperidine rings is 1. The molecule has 1 N–H and O–H groups in total. The zero-order valence-electron chi connectivity index (χ0n) is 17.3. The van der Waals surface area contributed by atoms with E-state index in [1.54, 1.807) is 0 Å². The molecule has 30 heavy (non-hydrogen) atoms. The molecule has 1 saturated heterocycles. The van der Waals surface area contributed by atoms with Gasteiger partial charge in [-0.05, 0) is 37.0 Å². The number of rotatable bonds is 6. The summed E-state index contributed by atoms with van der Waals surface area (Å²) < 4.78 is 1.82. The first-order chi connectivity index (χ1) is 14.6. The molecule has 4 rings (SSSR count). The zero-order valence-corrected chi connectivity index (χ0v) is 17.3. The highest BCUT2D eigenvalue weighted by atomic mass is 16.2. The number of aromatic amines is 1. The van der Waals surface area contributed by atoms with Crippen molar-refractivity contribution in [1.82, 2.24) is 14.5 Å². The molecule has 1 aliphatic rings. The second-order valence-corrected chi connectivity index (χ2v) is 7.90. The first kappa shape index (κ1) is 20.1. The summed E-state index contributed by atoms with van der Waals surface area (Å²) in [7, 11) is 0. The van der Waals surface area contributed by atoms with E-state index in [1.807, 2.05) is 58.0 Å². The Morgan fingerprint density at radius 1 is 1.00 bits per heavy atom. The summed E-state index contributed by atoms with van der Waals surface area (Å²) in [6.45, 7) is 3.29. The fourth-order valence-electron chi connectivity index (χ4n) is 4.26. The Morgan fingerprint density at radius 3 is 2.40 bits per heavy atom. The average molecular weight is 405 g/mol. The van der Waals surface area contributed by atoms with Gasteiger partial charge in [-0.1, -0.05) is 43.3 Å². The lowest BCUT2D eigenvalue weighted by Gasteiger charge is -2.32. The molecule has 0 spiro atoms. The highest BCUT2D eigenvalue weighted by Gasteiger charge is 2.26. The molecule has 2 heterocycles. The van der Waals surface area contributed by atoms with Gasteiger partial charge in [0, 0.05) is 37.5 Å². The summed E-state index contributed by atoms with van der Waals surface area (Å²) in [6.07, 6.45) is 2.87. The van der Waals surface area contributed by atoms with Crippen LogP contribution in [0.3, 0.4) is 0 Å². The molecule has 1 aliphatic heterocycles. The maximum atomic E-state index is 12.6. The number of nitrogens with one attached hydrogen (secondary N) is 1. The van der Waals surface area contributed by atoms with Gasteiger partial charge in [-0.2, -0.15) is 0 Å². The van der Waals surface area contributed by atoms with Gasteiger partial charge >= 0.3 is 5.69 Å². The van der Waals surface area contributed by atoms with Gasteiger partial charge in [0.25, 0.3) is 0 Å². The number of nitrogens with zero attached hydrogens (tertiary/aromatic N) is 2. The van der Waals surface area contributed by atoms with Crippen LogP contribution in [0.15, 0.2) is 53.3 Å². The van der Waals surface area contributed by atoms with E-state index < -0.39 is 0 Å². The van der Waals surface area contributed by atoms with Crippen molar-refractivity contribution >= 4 is 22.7 Å². The summed E-state index contributed by atoms with van der Waals surface area (Å²) in [6, 6.07) is 15.4. The molecule has 6 heteroatoms. The zero-order chi connectivity index (χ0) is 21.1. The molecule has 0 atom stereocenters. The molecule has 156 valence electrons. The first-order valence-corrected chi connectivity index (χ1v) is 10.7. The van der Waals surface area contributed by atoms with Crippen LogP contribution in [0.5, 0.6) is 0 Å². The minimum absolute atomic E-state index is 0.00577. The lowest BCUT2D eigenvalue weighted by atomic mass is 10.0. The Bertz CT molecular complexity index is 1100. The van der Waals surface area contributed by atoms with Crippen molar-refractivity contribution in [1.29, 1.82) is 0 Å². The number of para-hydroxylation sites is 2. The molecule has 0 unspecified atom stereocenters. The number of hydrogen-bond acceptors (Lipinski definition) is 3. The Balaban J connectivity index is 1.32. The summed E-state index contributed by atoms with van der Waals surface area (Å²) in [4.78, 5) is 42.1. The number of amides is 1. The number of fused-ring (bicyclic) bond motifs is 1. The van der Waals surface area contributed by atoms with Crippen molar-refractivity contribution in [3.63, 3.8) is 0 Å². The molecular weight excluding hydrogens is 378 g/mol. The Kier molecular flexibility index (Phi) is 5.84. The van der Waals surface area contributed by atoms with E-state index in [0.29, 0.717) is 18.7 Å². The van der Waals surface area contributed by atoms with Crippen molar-refractivity contribution in [3.8, 4) is 0 Å². The van der Waals surface area contributed by atoms with Crippen molar-refractivity contribution in [3.05, 3.63) is 70.1 Å². The predicted octanol–water partition coefficient (Wildman–Crippen LogP) is 3.72. The van der Waals surface area contributed by atoms with E-state index in [9.17, 15) is 14.4 Å². The van der Waals surface area contributed by atoms with Gasteiger partial charge < -0.3 is 9.88 Å². The molecule has 6 nitrogen and oxygen atoms in total. The summed E-state index contributed by atoms with van der Waals surface area (Å²) >= 11 is 0.